The third-order valence-electron chi connectivity index (χ3n) is 5.27. The van der Waals surface area contributed by atoms with E-state index in [4.69, 9.17) is 4.74 Å². The van der Waals surface area contributed by atoms with Gasteiger partial charge in [0.1, 0.15) is 16.4 Å². The van der Waals surface area contributed by atoms with Gasteiger partial charge in [-0.2, -0.15) is 10.1 Å². The van der Waals surface area contributed by atoms with Gasteiger partial charge in [0.2, 0.25) is 5.95 Å². The molecule has 1 atom stereocenters. The lowest BCUT2D eigenvalue weighted by Gasteiger charge is -2.34. The van der Waals surface area contributed by atoms with Crippen LogP contribution in [0, 0.1) is 0 Å². The van der Waals surface area contributed by atoms with Crippen LogP contribution in [-0.4, -0.2) is 60.1 Å². The zero-order valence-corrected chi connectivity index (χ0v) is 16.3. The van der Waals surface area contributed by atoms with E-state index in [0.29, 0.717) is 50.1 Å². The Kier molecular flexibility index (Phi) is 4.55. The molecule has 2 N–H and O–H groups in total. The molecule has 1 saturated heterocycles. The second kappa shape index (κ2) is 6.75. The predicted molar refractivity (Wildman–Crippen MR) is 102 cm³/mol. The van der Waals surface area contributed by atoms with Gasteiger partial charge in [-0.05, 0) is 19.8 Å². The summed E-state index contributed by atoms with van der Waals surface area (Å²) in [5, 5.41) is 9.82. The molecule has 10 heteroatoms. The van der Waals surface area contributed by atoms with Crippen LogP contribution in [0.2, 0.25) is 0 Å². The fourth-order valence-corrected chi connectivity index (χ4v) is 5.20. The maximum atomic E-state index is 12.7. The summed E-state index contributed by atoms with van der Waals surface area (Å²) in [7, 11) is -3.26. The molecule has 2 aliphatic rings. The summed E-state index contributed by atoms with van der Waals surface area (Å²) in [6.45, 7) is 5.69. The van der Waals surface area contributed by atoms with E-state index in [1.807, 2.05) is 6.07 Å². The monoisotopic (exact) mass is 392 g/mol. The molecule has 4 rings (SSSR count). The number of anilines is 3. The first-order valence-corrected chi connectivity index (χ1v) is 10.8. The van der Waals surface area contributed by atoms with Crippen LogP contribution in [-0.2, 0) is 19.3 Å². The van der Waals surface area contributed by atoms with Crippen LogP contribution in [0.4, 0.5) is 17.6 Å². The molecule has 2 aromatic rings. The van der Waals surface area contributed by atoms with Crippen molar-refractivity contribution in [2.45, 2.75) is 37.5 Å². The Hall–Kier alpha value is -2.20. The topological polar surface area (TPSA) is 113 Å². The normalized spacial score (nSPS) is 21.9. The van der Waals surface area contributed by atoms with Gasteiger partial charge in [-0.3, -0.25) is 5.10 Å². The maximum absolute atomic E-state index is 12.7. The van der Waals surface area contributed by atoms with E-state index >= 15 is 0 Å². The van der Waals surface area contributed by atoms with E-state index in [1.165, 1.54) is 0 Å². The first-order chi connectivity index (χ1) is 12.9. The van der Waals surface area contributed by atoms with Crippen molar-refractivity contribution in [2.24, 2.45) is 0 Å². The van der Waals surface area contributed by atoms with Gasteiger partial charge in [0.05, 0.1) is 31.1 Å². The summed E-state index contributed by atoms with van der Waals surface area (Å²) in [4.78, 5) is 11.3. The average Bonchev–Trinajstić information content (AvgIpc) is 3.34. The Morgan fingerprint density at radius 1 is 1.41 bits per heavy atom. The highest BCUT2D eigenvalue weighted by molar-refractivity contribution is 7.92. The number of rotatable bonds is 6. The van der Waals surface area contributed by atoms with Crippen molar-refractivity contribution in [3.8, 4) is 0 Å². The molecule has 1 aliphatic heterocycles. The zero-order chi connectivity index (χ0) is 19.1. The van der Waals surface area contributed by atoms with Crippen molar-refractivity contribution in [3.63, 3.8) is 0 Å². The van der Waals surface area contributed by atoms with Crippen LogP contribution >= 0.6 is 0 Å². The van der Waals surface area contributed by atoms with Gasteiger partial charge in [0, 0.05) is 24.4 Å². The number of sulfone groups is 1. The highest BCUT2D eigenvalue weighted by atomic mass is 32.2. The highest BCUT2D eigenvalue weighted by Crippen LogP contribution is 2.53. The lowest BCUT2D eigenvalue weighted by Crippen LogP contribution is -2.44. The highest BCUT2D eigenvalue weighted by Gasteiger charge is 2.56. The molecule has 0 amide bonds. The van der Waals surface area contributed by atoms with Gasteiger partial charge in [-0.1, -0.05) is 6.92 Å². The number of morpholine rings is 1. The number of ether oxygens (including phenoxy) is 1. The summed E-state index contributed by atoms with van der Waals surface area (Å²) in [5.41, 5.74) is 0.565. The molecule has 1 aliphatic carbocycles. The Balaban J connectivity index is 1.77. The summed E-state index contributed by atoms with van der Waals surface area (Å²) < 4.78 is 30.1. The zero-order valence-electron chi connectivity index (χ0n) is 15.5. The molecule has 2 fully saturated rings. The Labute approximate surface area is 158 Å². The number of nitrogens with zero attached hydrogens (tertiary/aromatic N) is 4. The van der Waals surface area contributed by atoms with E-state index in [0.717, 1.165) is 5.82 Å². The van der Waals surface area contributed by atoms with Crippen molar-refractivity contribution in [3.05, 3.63) is 24.0 Å². The molecule has 1 saturated carbocycles. The molecule has 0 aromatic carbocycles. The average molecular weight is 392 g/mol. The van der Waals surface area contributed by atoms with Crippen LogP contribution in [0.3, 0.4) is 0 Å². The molecule has 146 valence electrons. The second-order valence-electron chi connectivity index (χ2n) is 7.05. The van der Waals surface area contributed by atoms with Crippen molar-refractivity contribution in [1.82, 2.24) is 20.2 Å². The van der Waals surface area contributed by atoms with Crippen molar-refractivity contribution in [1.29, 1.82) is 0 Å². The Morgan fingerprint density at radius 2 is 2.22 bits per heavy atom. The Bertz CT molecular complexity index is 911. The lowest BCUT2D eigenvalue weighted by atomic mass is 10.2. The second-order valence-corrected chi connectivity index (χ2v) is 9.63. The summed E-state index contributed by atoms with van der Waals surface area (Å²) >= 11 is 0. The first kappa shape index (κ1) is 18.2. The quantitative estimate of drug-likeness (QED) is 0.762. The van der Waals surface area contributed by atoms with E-state index in [9.17, 15) is 8.42 Å². The van der Waals surface area contributed by atoms with E-state index in [1.54, 1.807) is 19.2 Å². The standard InChI is InChI=1S/C17H24N6O3S/c1-3-27(24,25)17(5-6-17)13-10-15(23-8-9-26-11-12(23)2)21-16(19-13)20-14-4-7-18-22-14/h4,7,10,12H,3,5-6,8-9,11H2,1-2H3,(H2,18,19,20,21,22)/t12-/m1/s1. The smallest absolute Gasteiger partial charge is 0.230 e. The van der Waals surface area contributed by atoms with E-state index < -0.39 is 14.6 Å². The van der Waals surface area contributed by atoms with Crippen molar-refractivity contribution >= 4 is 27.4 Å². The van der Waals surface area contributed by atoms with E-state index in [2.05, 4.69) is 37.3 Å². The van der Waals surface area contributed by atoms with Gasteiger partial charge in [0.15, 0.2) is 9.84 Å². The molecular weight excluding hydrogens is 368 g/mol. The summed E-state index contributed by atoms with van der Waals surface area (Å²) in [6.07, 6.45) is 2.82. The van der Waals surface area contributed by atoms with Crippen LogP contribution in [0.25, 0.3) is 0 Å². The van der Waals surface area contributed by atoms with Gasteiger partial charge in [0.25, 0.3) is 0 Å². The molecule has 3 heterocycles. The fourth-order valence-electron chi connectivity index (χ4n) is 3.50. The van der Waals surface area contributed by atoms with Crippen LogP contribution in [0.1, 0.15) is 32.4 Å². The lowest BCUT2D eigenvalue weighted by molar-refractivity contribution is 0.0985. The third-order valence-corrected chi connectivity index (χ3v) is 7.84. The van der Waals surface area contributed by atoms with Crippen molar-refractivity contribution < 1.29 is 13.2 Å². The maximum Gasteiger partial charge on any atom is 0.230 e. The predicted octanol–water partition coefficient (Wildman–Crippen LogP) is 1.59. The molecule has 27 heavy (non-hydrogen) atoms. The van der Waals surface area contributed by atoms with Crippen LogP contribution in [0.5, 0.6) is 0 Å². The number of aromatic amines is 1. The molecule has 0 unspecified atom stereocenters. The van der Waals surface area contributed by atoms with Crippen LogP contribution < -0.4 is 10.2 Å². The van der Waals surface area contributed by atoms with Gasteiger partial charge >= 0.3 is 0 Å². The summed E-state index contributed by atoms with van der Waals surface area (Å²) in [6, 6.07) is 3.75. The van der Waals surface area contributed by atoms with Gasteiger partial charge in [-0.15, -0.1) is 0 Å². The first-order valence-electron chi connectivity index (χ1n) is 9.18. The van der Waals surface area contributed by atoms with Crippen LogP contribution in [0.15, 0.2) is 18.3 Å². The minimum absolute atomic E-state index is 0.101. The molecule has 0 radical (unpaired) electrons. The molecule has 9 nitrogen and oxygen atoms in total. The molecule has 0 spiro atoms. The number of hydrogen-bond donors (Lipinski definition) is 2. The minimum Gasteiger partial charge on any atom is -0.377 e. The minimum atomic E-state index is -3.26. The van der Waals surface area contributed by atoms with E-state index in [-0.39, 0.29) is 11.8 Å². The largest absolute Gasteiger partial charge is 0.377 e. The van der Waals surface area contributed by atoms with Gasteiger partial charge in [-0.25, -0.2) is 13.4 Å². The molecule has 0 bridgehead atoms. The third kappa shape index (κ3) is 3.27. The number of H-pyrrole nitrogens is 1. The van der Waals surface area contributed by atoms with Crippen molar-refractivity contribution in [2.75, 3.05) is 35.7 Å². The number of aromatic nitrogens is 4. The number of nitrogens with one attached hydrogen (secondary N) is 2. The summed E-state index contributed by atoms with van der Waals surface area (Å²) in [5.74, 6) is 1.83. The number of hydrogen-bond acceptors (Lipinski definition) is 8. The SMILES string of the molecule is CCS(=O)(=O)C1(c2cc(N3CCOC[C@H]3C)nc(Nc3ccn[nH]3)n2)CC1. The molecular formula is C17H24N6O3S. The van der Waals surface area contributed by atoms with Gasteiger partial charge < -0.3 is 15.0 Å². The Morgan fingerprint density at radius 3 is 2.85 bits per heavy atom. The molecule has 2 aromatic heterocycles. The fraction of sp³-hybridized carbons (Fsp3) is 0.588.